The maximum Gasteiger partial charge on any atom is 0.471 e. The van der Waals surface area contributed by atoms with Crippen LogP contribution in [0.2, 0.25) is 0 Å². The molecule has 0 radical (unpaired) electrons. The molecule has 202 valence electrons. The van der Waals surface area contributed by atoms with Crippen LogP contribution in [0.4, 0.5) is 13.2 Å². The van der Waals surface area contributed by atoms with E-state index in [2.05, 4.69) is 16.5 Å². The van der Waals surface area contributed by atoms with Gasteiger partial charge in [-0.15, -0.1) is 0 Å². The van der Waals surface area contributed by atoms with Crippen LogP contribution in [0.1, 0.15) is 59.2 Å². The van der Waals surface area contributed by atoms with E-state index in [0.717, 1.165) is 18.5 Å². The van der Waals surface area contributed by atoms with Gasteiger partial charge in [0.15, 0.2) is 0 Å². The van der Waals surface area contributed by atoms with Crippen LogP contribution in [-0.4, -0.2) is 63.2 Å². The summed E-state index contributed by atoms with van der Waals surface area (Å²) in [6, 6.07) is 0.755. The molecule has 0 spiro atoms. The van der Waals surface area contributed by atoms with Gasteiger partial charge < -0.3 is 15.5 Å². The van der Waals surface area contributed by atoms with E-state index in [1.807, 2.05) is 29.9 Å². The van der Waals surface area contributed by atoms with Crippen molar-refractivity contribution < 1.29 is 27.6 Å². The zero-order valence-corrected chi connectivity index (χ0v) is 21.6. The van der Waals surface area contributed by atoms with Gasteiger partial charge in [-0.3, -0.25) is 19.1 Å². The largest absolute Gasteiger partial charge is 0.471 e. The predicted molar refractivity (Wildman–Crippen MR) is 125 cm³/mol. The second kappa shape index (κ2) is 9.03. The monoisotopic (exact) mass is 522 g/mol. The van der Waals surface area contributed by atoms with E-state index in [1.54, 1.807) is 27.0 Å². The molecule has 6 atom stereocenters. The van der Waals surface area contributed by atoms with Gasteiger partial charge in [-0.05, 0) is 41.6 Å². The van der Waals surface area contributed by atoms with E-state index in [-0.39, 0.29) is 29.8 Å². The average molecular weight is 523 g/mol. The number of likely N-dealkylation sites (tertiary alicyclic amines) is 1. The molecule has 3 aliphatic rings. The van der Waals surface area contributed by atoms with Crippen molar-refractivity contribution in [2.75, 3.05) is 6.54 Å². The molecule has 1 saturated carbocycles. The number of alkyl halides is 3. The summed E-state index contributed by atoms with van der Waals surface area (Å²) >= 11 is 0. The van der Waals surface area contributed by atoms with Gasteiger partial charge >= 0.3 is 12.1 Å². The number of carbonyl (C=O) groups excluding carboxylic acids is 3. The van der Waals surface area contributed by atoms with Gasteiger partial charge in [0.25, 0.3) is 0 Å². The van der Waals surface area contributed by atoms with E-state index in [9.17, 15) is 32.8 Å². The topological polar surface area (TPSA) is 120 Å². The molecule has 2 aliphatic heterocycles. The number of nitriles is 1. The lowest BCUT2D eigenvalue weighted by atomic mass is 9.85. The number of hydrogen-bond donors (Lipinski definition) is 2. The van der Waals surface area contributed by atoms with Crippen LogP contribution in [0, 0.1) is 34.0 Å². The fraction of sp³-hybridized carbons (Fsp3) is 0.720. The third-order valence-corrected chi connectivity index (χ3v) is 8.22. The first-order valence-corrected chi connectivity index (χ1v) is 12.5. The highest BCUT2D eigenvalue weighted by atomic mass is 19.4. The highest BCUT2D eigenvalue weighted by Crippen LogP contribution is 2.65. The van der Waals surface area contributed by atoms with E-state index in [4.69, 9.17) is 0 Å². The lowest BCUT2D eigenvalue weighted by molar-refractivity contribution is -0.176. The van der Waals surface area contributed by atoms with Crippen LogP contribution in [0.15, 0.2) is 12.3 Å². The molecule has 1 aliphatic carbocycles. The molecule has 0 bridgehead atoms. The fourth-order valence-corrected chi connectivity index (χ4v) is 6.04. The third-order valence-electron chi connectivity index (χ3n) is 8.22. The zero-order valence-electron chi connectivity index (χ0n) is 21.6. The zero-order chi connectivity index (χ0) is 27.5. The standard InChI is InChI=1S/C25H33F3N6O3/c1-23(2,3)19(32-22(37)25(26,27)28)21(36)33-12-16-17(24(16,4)5)18(33)20(35)31-13(11-29)10-15-7-6-14-8-9-30-34(14)15/h8-9,13,15-19H,6-7,10,12H2,1-5H3,(H,31,35)(H,32,37)/t13?,15?,16-,17-,18-,19+/m0/s1. The quantitative estimate of drug-likeness (QED) is 0.594. The van der Waals surface area contributed by atoms with Crippen LogP contribution in [0.3, 0.4) is 0 Å². The summed E-state index contributed by atoms with van der Waals surface area (Å²) in [5, 5.41) is 18.7. The number of aryl methyl sites for hydroxylation is 1. The summed E-state index contributed by atoms with van der Waals surface area (Å²) in [5.41, 5.74) is -0.208. The summed E-state index contributed by atoms with van der Waals surface area (Å²) in [6.07, 6.45) is -1.47. The Morgan fingerprint density at radius 2 is 1.92 bits per heavy atom. The normalized spacial score (nSPS) is 27.5. The minimum atomic E-state index is -5.15. The second-order valence-corrected chi connectivity index (χ2v) is 12.0. The molecule has 2 N–H and O–H groups in total. The van der Waals surface area contributed by atoms with Gasteiger partial charge in [-0.2, -0.15) is 23.5 Å². The van der Waals surface area contributed by atoms with Gasteiger partial charge in [0.1, 0.15) is 18.1 Å². The van der Waals surface area contributed by atoms with Crippen LogP contribution < -0.4 is 10.6 Å². The second-order valence-electron chi connectivity index (χ2n) is 12.0. The minimum absolute atomic E-state index is 0.00636. The number of aromatic nitrogens is 2. The van der Waals surface area contributed by atoms with Gasteiger partial charge in [0, 0.05) is 24.9 Å². The molecule has 3 amide bonds. The maximum atomic E-state index is 13.6. The highest BCUT2D eigenvalue weighted by Gasteiger charge is 2.70. The molecule has 37 heavy (non-hydrogen) atoms. The molecular formula is C25H33F3N6O3. The highest BCUT2D eigenvalue weighted by molar-refractivity contribution is 5.95. The predicted octanol–water partition coefficient (Wildman–Crippen LogP) is 2.35. The number of piperidine rings is 1. The van der Waals surface area contributed by atoms with Crippen molar-refractivity contribution in [1.82, 2.24) is 25.3 Å². The molecule has 3 heterocycles. The van der Waals surface area contributed by atoms with Crippen LogP contribution in [0.5, 0.6) is 0 Å². The summed E-state index contributed by atoms with van der Waals surface area (Å²) < 4.78 is 40.9. The number of hydrogen-bond acceptors (Lipinski definition) is 5. The number of fused-ring (bicyclic) bond motifs is 2. The smallest absolute Gasteiger partial charge is 0.338 e. The fourth-order valence-electron chi connectivity index (χ4n) is 6.04. The number of nitrogens with one attached hydrogen (secondary N) is 2. The lowest BCUT2D eigenvalue weighted by Gasteiger charge is -2.37. The summed E-state index contributed by atoms with van der Waals surface area (Å²) in [7, 11) is 0. The Morgan fingerprint density at radius 3 is 2.51 bits per heavy atom. The maximum absolute atomic E-state index is 13.6. The first-order valence-electron chi connectivity index (χ1n) is 12.5. The van der Waals surface area contributed by atoms with Crippen molar-refractivity contribution in [1.29, 1.82) is 5.26 Å². The van der Waals surface area contributed by atoms with Crippen LogP contribution in [-0.2, 0) is 20.8 Å². The SMILES string of the molecule is CC(C)(C)[C@H](NC(=O)C(F)(F)F)C(=O)N1C[C@H]2[C@@H]([C@H]1C(=O)NC(C#N)CC1CCc3ccnn31)C2(C)C. The van der Waals surface area contributed by atoms with Gasteiger partial charge in [0.2, 0.25) is 11.8 Å². The Labute approximate surface area is 213 Å². The van der Waals surface area contributed by atoms with Crippen molar-refractivity contribution in [2.24, 2.45) is 22.7 Å². The molecular weight excluding hydrogens is 489 g/mol. The summed E-state index contributed by atoms with van der Waals surface area (Å²) in [5.74, 6) is -3.65. The van der Waals surface area contributed by atoms with Crippen LogP contribution >= 0.6 is 0 Å². The van der Waals surface area contributed by atoms with E-state index >= 15 is 0 Å². The van der Waals surface area contributed by atoms with E-state index in [0.29, 0.717) is 6.42 Å². The van der Waals surface area contributed by atoms with Gasteiger partial charge in [-0.25, -0.2) is 0 Å². The van der Waals surface area contributed by atoms with Crippen molar-refractivity contribution in [3.8, 4) is 6.07 Å². The van der Waals surface area contributed by atoms with Gasteiger partial charge in [0.05, 0.1) is 12.1 Å². The Morgan fingerprint density at radius 1 is 1.24 bits per heavy atom. The lowest BCUT2D eigenvalue weighted by Crippen LogP contribution is -2.61. The molecule has 4 rings (SSSR count). The number of amides is 3. The first kappa shape index (κ1) is 26.9. The van der Waals surface area contributed by atoms with E-state index in [1.165, 1.54) is 4.90 Å². The first-order chi connectivity index (χ1) is 17.1. The van der Waals surface area contributed by atoms with Crippen molar-refractivity contribution >= 4 is 17.7 Å². The van der Waals surface area contributed by atoms with Crippen LogP contribution in [0.25, 0.3) is 0 Å². The van der Waals surface area contributed by atoms with Gasteiger partial charge in [-0.1, -0.05) is 34.6 Å². The molecule has 9 nitrogen and oxygen atoms in total. The van der Waals surface area contributed by atoms with E-state index < -0.39 is 47.4 Å². The van der Waals surface area contributed by atoms with Crippen molar-refractivity contribution in [2.45, 2.75) is 84.2 Å². The summed E-state index contributed by atoms with van der Waals surface area (Å²) in [4.78, 5) is 40.1. The Hall–Kier alpha value is -3.10. The molecule has 1 saturated heterocycles. The Balaban J connectivity index is 1.52. The Bertz CT molecular complexity index is 1130. The number of rotatable bonds is 6. The molecule has 1 aromatic heterocycles. The number of nitrogens with zero attached hydrogens (tertiary/aromatic N) is 4. The molecule has 1 aromatic rings. The Kier molecular flexibility index (Phi) is 6.57. The molecule has 0 aromatic carbocycles. The molecule has 12 heteroatoms. The number of carbonyl (C=O) groups is 3. The third kappa shape index (κ3) is 4.92. The van der Waals surface area contributed by atoms with Crippen molar-refractivity contribution in [3.05, 3.63) is 18.0 Å². The average Bonchev–Trinajstić information content (AvgIpc) is 3.29. The molecule has 2 unspecified atom stereocenters. The number of halogens is 3. The summed E-state index contributed by atoms with van der Waals surface area (Å²) in [6.45, 7) is 8.82. The minimum Gasteiger partial charge on any atom is -0.338 e. The molecule has 2 fully saturated rings. The van der Waals surface area contributed by atoms with Crippen molar-refractivity contribution in [3.63, 3.8) is 0 Å².